The Labute approximate surface area is 160 Å². The van der Waals surface area contributed by atoms with Crippen LogP contribution < -0.4 is 10.3 Å². The zero-order chi connectivity index (χ0) is 19.7. The van der Waals surface area contributed by atoms with E-state index in [1.807, 2.05) is 24.3 Å². The van der Waals surface area contributed by atoms with E-state index in [2.05, 4.69) is 19.7 Å². The molecule has 0 atom stereocenters. The number of benzene rings is 1. The van der Waals surface area contributed by atoms with Gasteiger partial charge in [-0.05, 0) is 23.6 Å². The van der Waals surface area contributed by atoms with Crippen LogP contribution in [0.2, 0.25) is 0 Å². The predicted octanol–water partition coefficient (Wildman–Crippen LogP) is 4.65. The quantitative estimate of drug-likeness (QED) is 0.538. The summed E-state index contributed by atoms with van der Waals surface area (Å²) >= 11 is 1.31. The van der Waals surface area contributed by atoms with Crippen molar-refractivity contribution in [2.75, 3.05) is 6.61 Å². The Morgan fingerprint density at radius 2 is 1.96 bits per heavy atom. The van der Waals surface area contributed by atoms with E-state index in [1.54, 1.807) is 17.5 Å². The second kappa shape index (κ2) is 7.08. The SMILES string of the molecule is O=c1[nH]c2ccccc2cc1-c1csc(-c2ccc(OCC(F)(F)F)nc2)n1. The molecule has 0 bridgehead atoms. The lowest BCUT2D eigenvalue weighted by atomic mass is 10.1. The van der Waals surface area contributed by atoms with Crippen molar-refractivity contribution >= 4 is 22.2 Å². The number of H-pyrrole nitrogens is 1. The van der Waals surface area contributed by atoms with Crippen LogP contribution in [-0.2, 0) is 0 Å². The molecule has 4 rings (SSSR count). The maximum atomic E-state index is 12.4. The van der Waals surface area contributed by atoms with Crippen molar-refractivity contribution in [1.82, 2.24) is 15.0 Å². The Morgan fingerprint density at radius 1 is 1.14 bits per heavy atom. The van der Waals surface area contributed by atoms with Crippen molar-refractivity contribution in [2.45, 2.75) is 6.18 Å². The van der Waals surface area contributed by atoms with Crippen LogP contribution in [0.15, 0.2) is 58.8 Å². The molecule has 0 saturated heterocycles. The summed E-state index contributed by atoms with van der Waals surface area (Å²) in [7, 11) is 0. The fourth-order valence-corrected chi connectivity index (χ4v) is 3.43. The van der Waals surface area contributed by atoms with Gasteiger partial charge in [0.25, 0.3) is 5.56 Å². The number of nitrogens with zero attached hydrogens (tertiary/aromatic N) is 2. The normalized spacial score (nSPS) is 11.7. The lowest BCUT2D eigenvalue weighted by Crippen LogP contribution is -2.19. The molecule has 4 aromatic rings. The third-order valence-electron chi connectivity index (χ3n) is 3.90. The second-order valence-electron chi connectivity index (χ2n) is 5.93. The van der Waals surface area contributed by atoms with E-state index in [4.69, 9.17) is 0 Å². The summed E-state index contributed by atoms with van der Waals surface area (Å²) in [6.45, 7) is -1.40. The minimum absolute atomic E-state index is 0.121. The van der Waals surface area contributed by atoms with E-state index in [0.29, 0.717) is 21.8 Å². The van der Waals surface area contributed by atoms with Gasteiger partial charge in [-0.15, -0.1) is 11.3 Å². The highest BCUT2D eigenvalue weighted by atomic mass is 32.1. The van der Waals surface area contributed by atoms with Crippen molar-refractivity contribution in [3.8, 4) is 27.7 Å². The molecular formula is C19H12F3N3O2S. The number of aromatic nitrogens is 3. The number of ether oxygens (including phenoxy) is 1. The van der Waals surface area contributed by atoms with Crippen LogP contribution in [-0.4, -0.2) is 27.7 Å². The number of aromatic amines is 1. The van der Waals surface area contributed by atoms with Gasteiger partial charge in [0.15, 0.2) is 6.61 Å². The van der Waals surface area contributed by atoms with E-state index in [0.717, 1.165) is 10.9 Å². The molecular weight excluding hydrogens is 391 g/mol. The molecule has 0 unspecified atom stereocenters. The van der Waals surface area contributed by atoms with E-state index >= 15 is 0 Å². The maximum Gasteiger partial charge on any atom is 0.422 e. The van der Waals surface area contributed by atoms with Crippen molar-refractivity contribution in [3.05, 3.63) is 64.4 Å². The number of rotatable bonds is 4. The minimum atomic E-state index is -4.42. The fraction of sp³-hybridized carbons (Fsp3) is 0.105. The first-order chi connectivity index (χ1) is 13.4. The molecule has 1 N–H and O–H groups in total. The number of hydrogen-bond acceptors (Lipinski definition) is 5. The molecule has 0 amide bonds. The molecule has 0 spiro atoms. The standard InChI is InChI=1S/C19H12F3N3O2S/c20-19(21,22)10-27-16-6-5-12(8-23-16)18-25-15(9-28-18)13-7-11-3-1-2-4-14(11)24-17(13)26/h1-9H,10H2,(H,24,26). The average Bonchev–Trinajstić information content (AvgIpc) is 3.15. The van der Waals surface area contributed by atoms with Crippen molar-refractivity contribution in [3.63, 3.8) is 0 Å². The number of nitrogens with one attached hydrogen (secondary N) is 1. The van der Waals surface area contributed by atoms with Crippen molar-refractivity contribution in [1.29, 1.82) is 0 Å². The summed E-state index contributed by atoms with van der Waals surface area (Å²) in [4.78, 5) is 23.5. The molecule has 9 heteroatoms. The Balaban J connectivity index is 1.59. The highest BCUT2D eigenvalue weighted by Gasteiger charge is 2.28. The molecule has 0 fully saturated rings. The second-order valence-corrected chi connectivity index (χ2v) is 6.78. The van der Waals surface area contributed by atoms with Crippen LogP contribution in [0.3, 0.4) is 0 Å². The molecule has 3 aromatic heterocycles. The van der Waals surface area contributed by atoms with Gasteiger partial charge in [-0.2, -0.15) is 13.2 Å². The van der Waals surface area contributed by atoms with Gasteiger partial charge >= 0.3 is 6.18 Å². The summed E-state index contributed by atoms with van der Waals surface area (Å²) in [5.41, 5.74) is 2.08. The fourth-order valence-electron chi connectivity index (χ4n) is 2.62. The van der Waals surface area contributed by atoms with Crippen LogP contribution in [0.4, 0.5) is 13.2 Å². The van der Waals surface area contributed by atoms with E-state index in [9.17, 15) is 18.0 Å². The molecule has 0 aliphatic heterocycles. The van der Waals surface area contributed by atoms with Crippen LogP contribution in [0.5, 0.6) is 5.88 Å². The number of hydrogen-bond donors (Lipinski definition) is 1. The van der Waals surface area contributed by atoms with Crippen LogP contribution >= 0.6 is 11.3 Å². The lowest BCUT2D eigenvalue weighted by Gasteiger charge is -2.08. The van der Waals surface area contributed by atoms with Gasteiger partial charge < -0.3 is 9.72 Å². The largest absolute Gasteiger partial charge is 0.468 e. The summed E-state index contributed by atoms with van der Waals surface area (Å²) < 4.78 is 41.2. The number of pyridine rings is 2. The van der Waals surface area contributed by atoms with Crippen molar-refractivity contribution < 1.29 is 17.9 Å². The Bertz CT molecular complexity index is 1180. The van der Waals surface area contributed by atoms with Gasteiger partial charge in [-0.25, -0.2) is 9.97 Å². The Hall–Kier alpha value is -3.20. The first kappa shape index (κ1) is 18.2. The van der Waals surface area contributed by atoms with Crippen LogP contribution in [0.1, 0.15) is 0 Å². The van der Waals surface area contributed by atoms with Crippen LogP contribution in [0, 0.1) is 0 Å². The highest BCUT2D eigenvalue weighted by molar-refractivity contribution is 7.13. The molecule has 5 nitrogen and oxygen atoms in total. The monoisotopic (exact) mass is 403 g/mol. The topological polar surface area (TPSA) is 67.9 Å². The van der Waals surface area contributed by atoms with Crippen molar-refractivity contribution in [2.24, 2.45) is 0 Å². The summed E-state index contributed by atoms with van der Waals surface area (Å²) in [6.07, 6.45) is -3.03. The van der Waals surface area contributed by atoms with Gasteiger partial charge in [-0.1, -0.05) is 18.2 Å². The summed E-state index contributed by atoms with van der Waals surface area (Å²) in [5.74, 6) is -0.121. The summed E-state index contributed by atoms with van der Waals surface area (Å²) in [5, 5.41) is 3.24. The minimum Gasteiger partial charge on any atom is -0.468 e. The molecule has 0 saturated carbocycles. The van der Waals surface area contributed by atoms with E-state index < -0.39 is 12.8 Å². The highest BCUT2D eigenvalue weighted by Crippen LogP contribution is 2.29. The molecule has 3 heterocycles. The molecule has 0 aliphatic carbocycles. The third-order valence-corrected chi connectivity index (χ3v) is 4.79. The lowest BCUT2D eigenvalue weighted by molar-refractivity contribution is -0.154. The molecule has 0 aliphatic rings. The van der Waals surface area contributed by atoms with E-state index in [1.165, 1.54) is 23.6 Å². The van der Waals surface area contributed by atoms with E-state index in [-0.39, 0.29) is 11.4 Å². The van der Waals surface area contributed by atoms with Gasteiger partial charge in [0.05, 0.1) is 11.3 Å². The number of halogens is 3. The molecule has 28 heavy (non-hydrogen) atoms. The number of para-hydroxylation sites is 1. The summed E-state index contributed by atoms with van der Waals surface area (Å²) in [6, 6.07) is 12.1. The Morgan fingerprint density at radius 3 is 2.71 bits per heavy atom. The Kier molecular flexibility index (Phi) is 4.60. The molecule has 142 valence electrons. The number of thiazole rings is 1. The molecule has 0 radical (unpaired) electrons. The van der Waals surface area contributed by atoms with Gasteiger partial charge in [0.2, 0.25) is 5.88 Å². The van der Waals surface area contributed by atoms with Gasteiger partial charge in [0.1, 0.15) is 5.01 Å². The van der Waals surface area contributed by atoms with Gasteiger partial charge in [-0.3, -0.25) is 4.79 Å². The predicted molar refractivity (Wildman–Crippen MR) is 100 cm³/mol. The molecule has 1 aromatic carbocycles. The zero-order valence-electron chi connectivity index (χ0n) is 14.2. The first-order valence-electron chi connectivity index (χ1n) is 8.13. The van der Waals surface area contributed by atoms with Gasteiger partial charge in [0, 0.05) is 28.7 Å². The third kappa shape index (κ3) is 3.89. The van der Waals surface area contributed by atoms with Crippen LogP contribution in [0.25, 0.3) is 32.7 Å². The number of alkyl halides is 3. The first-order valence-corrected chi connectivity index (χ1v) is 9.01. The maximum absolute atomic E-state index is 12.4. The number of fused-ring (bicyclic) bond motifs is 1. The average molecular weight is 403 g/mol. The zero-order valence-corrected chi connectivity index (χ0v) is 15.0. The smallest absolute Gasteiger partial charge is 0.422 e.